The van der Waals surface area contributed by atoms with Gasteiger partial charge in [-0.25, -0.2) is 4.98 Å². The number of nitrogens with one attached hydrogen (secondary N) is 1. The van der Waals surface area contributed by atoms with Gasteiger partial charge in [0.2, 0.25) is 0 Å². The Morgan fingerprint density at radius 1 is 1.11 bits per heavy atom. The van der Waals surface area contributed by atoms with Gasteiger partial charge in [-0.3, -0.25) is 9.69 Å². The molecule has 28 heavy (non-hydrogen) atoms. The summed E-state index contributed by atoms with van der Waals surface area (Å²) < 4.78 is 0. The average molecular weight is 413 g/mol. The van der Waals surface area contributed by atoms with Crippen molar-refractivity contribution in [3.63, 3.8) is 0 Å². The zero-order valence-corrected chi connectivity index (χ0v) is 17.5. The maximum atomic E-state index is 12.9. The molecule has 3 heterocycles. The molecule has 1 unspecified atom stereocenters. The average Bonchev–Trinajstić information content (AvgIpc) is 3.41. The molecule has 1 atom stereocenters. The Morgan fingerprint density at radius 2 is 1.89 bits per heavy atom. The molecule has 7 heteroatoms. The quantitative estimate of drug-likeness (QED) is 0.672. The lowest BCUT2D eigenvalue weighted by atomic mass is 10.1. The third kappa shape index (κ3) is 4.67. The Labute approximate surface area is 173 Å². The summed E-state index contributed by atoms with van der Waals surface area (Å²) in [6.45, 7) is 4.98. The van der Waals surface area contributed by atoms with Crippen molar-refractivity contribution >= 4 is 28.6 Å². The summed E-state index contributed by atoms with van der Waals surface area (Å²) in [5.41, 5.74) is 1.62. The molecule has 1 aliphatic heterocycles. The standard InChI is InChI=1S/C21H24N4OS2/c1-24-9-11-25(12-10-24)14-17(16-6-3-2-4-7-16)22-20(26)18-15-28-21(23-18)19-8-5-13-27-19/h2-8,13,15,17H,9-12,14H2,1H3,(H,22,26). The van der Waals surface area contributed by atoms with E-state index in [1.165, 1.54) is 11.3 Å². The van der Waals surface area contributed by atoms with Gasteiger partial charge in [0.1, 0.15) is 10.7 Å². The van der Waals surface area contributed by atoms with Crippen LogP contribution in [-0.2, 0) is 0 Å². The third-order valence-corrected chi connectivity index (χ3v) is 6.89. The lowest BCUT2D eigenvalue weighted by molar-refractivity contribution is 0.0903. The van der Waals surface area contributed by atoms with Crippen LogP contribution in [0.5, 0.6) is 0 Å². The van der Waals surface area contributed by atoms with Gasteiger partial charge in [0.25, 0.3) is 5.91 Å². The number of benzene rings is 1. The molecule has 5 nitrogen and oxygen atoms in total. The number of hydrogen-bond acceptors (Lipinski definition) is 6. The van der Waals surface area contributed by atoms with E-state index < -0.39 is 0 Å². The van der Waals surface area contributed by atoms with Crippen LogP contribution in [0.4, 0.5) is 0 Å². The maximum absolute atomic E-state index is 12.9. The molecule has 1 saturated heterocycles. The summed E-state index contributed by atoms with van der Waals surface area (Å²) in [6, 6.07) is 14.2. The van der Waals surface area contributed by atoms with E-state index in [2.05, 4.69) is 39.3 Å². The van der Waals surface area contributed by atoms with Gasteiger partial charge in [-0.15, -0.1) is 22.7 Å². The molecule has 1 aliphatic rings. The highest BCUT2D eigenvalue weighted by molar-refractivity contribution is 7.20. The van der Waals surface area contributed by atoms with Crippen LogP contribution in [0.25, 0.3) is 9.88 Å². The summed E-state index contributed by atoms with van der Waals surface area (Å²) in [5.74, 6) is -0.109. The lowest BCUT2D eigenvalue weighted by Crippen LogP contribution is -2.47. The van der Waals surface area contributed by atoms with Gasteiger partial charge in [0.05, 0.1) is 10.9 Å². The van der Waals surface area contributed by atoms with Gasteiger partial charge in [0, 0.05) is 38.1 Å². The second kappa shape index (κ2) is 8.96. The van der Waals surface area contributed by atoms with Crippen LogP contribution in [0.2, 0.25) is 0 Å². The normalized spacial score (nSPS) is 16.8. The van der Waals surface area contributed by atoms with Gasteiger partial charge in [-0.2, -0.15) is 0 Å². The van der Waals surface area contributed by atoms with E-state index in [0.29, 0.717) is 5.69 Å². The number of piperazine rings is 1. The summed E-state index contributed by atoms with van der Waals surface area (Å²) in [7, 11) is 2.15. The van der Waals surface area contributed by atoms with Gasteiger partial charge in [-0.05, 0) is 24.1 Å². The van der Waals surface area contributed by atoms with Crippen LogP contribution in [0.15, 0.2) is 53.2 Å². The maximum Gasteiger partial charge on any atom is 0.271 e. The minimum Gasteiger partial charge on any atom is -0.343 e. The second-order valence-electron chi connectivity index (χ2n) is 7.06. The van der Waals surface area contributed by atoms with Crippen LogP contribution in [-0.4, -0.2) is 60.5 Å². The first-order chi connectivity index (χ1) is 13.7. The van der Waals surface area contributed by atoms with Crippen molar-refractivity contribution in [2.75, 3.05) is 39.8 Å². The highest BCUT2D eigenvalue weighted by atomic mass is 32.1. The van der Waals surface area contributed by atoms with Crippen LogP contribution in [0.1, 0.15) is 22.1 Å². The number of likely N-dealkylation sites (N-methyl/N-ethyl adjacent to an activating group) is 1. The predicted molar refractivity (Wildman–Crippen MR) is 116 cm³/mol. The Morgan fingerprint density at radius 3 is 2.61 bits per heavy atom. The fraction of sp³-hybridized carbons (Fsp3) is 0.333. The largest absolute Gasteiger partial charge is 0.343 e. The van der Waals surface area contributed by atoms with Crippen molar-refractivity contribution in [1.82, 2.24) is 20.1 Å². The van der Waals surface area contributed by atoms with Crippen LogP contribution < -0.4 is 5.32 Å². The molecule has 0 radical (unpaired) electrons. The fourth-order valence-corrected chi connectivity index (χ4v) is 4.95. The zero-order valence-electron chi connectivity index (χ0n) is 15.9. The van der Waals surface area contributed by atoms with E-state index in [-0.39, 0.29) is 11.9 Å². The summed E-state index contributed by atoms with van der Waals surface area (Å²) in [5, 5.41) is 7.99. The molecule has 1 aromatic carbocycles. The first-order valence-corrected chi connectivity index (χ1v) is 11.2. The van der Waals surface area contributed by atoms with Crippen molar-refractivity contribution in [1.29, 1.82) is 0 Å². The first kappa shape index (κ1) is 19.3. The van der Waals surface area contributed by atoms with Gasteiger partial charge in [0.15, 0.2) is 0 Å². The number of thiophene rings is 1. The molecule has 3 aromatic rings. The van der Waals surface area contributed by atoms with E-state index in [1.807, 2.05) is 41.1 Å². The zero-order chi connectivity index (χ0) is 19.3. The Bertz CT molecular complexity index is 886. The molecule has 0 aliphatic carbocycles. The van der Waals surface area contributed by atoms with Crippen LogP contribution in [0.3, 0.4) is 0 Å². The number of carbonyl (C=O) groups excluding carboxylic acids is 1. The molecule has 1 amide bonds. The lowest BCUT2D eigenvalue weighted by Gasteiger charge is -2.35. The highest BCUT2D eigenvalue weighted by Crippen LogP contribution is 2.28. The molecule has 0 spiro atoms. The number of hydrogen-bond donors (Lipinski definition) is 1. The van der Waals surface area contributed by atoms with E-state index in [4.69, 9.17) is 0 Å². The summed E-state index contributed by atoms with van der Waals surface area (Å²) in [6.07, 6.45) is 0. The van der Waals surface area contributed by atoms with Crippen molar-refractivity contribution in [3.05, 3.63) is 64.5 Å². The number of aromatic nitrogens is 1. The van der Waals surface area contributed by atoms with E-state index >= 15 is 0 Å². The third-order valence-electron chi connectivity index (χ3n) is 5.01. The first-order valence-electron chi connectivity index (χ1n) is 9.45. The van der Waals surface area contributed by atoms with Crippen molar-refractivity contribution in [2.45, 2.75) is 6.04 Å². The minimum atomic E-state index is -0.109. The molecule has 2 aromatic heterocycles. The molecule has 1 fully saturated rings. The molecular weight excluding hydrogens is 388 g/mol. The SMILES string of the molecule is CN1CCN(CC(NC(=O)c2csc(-c3cccs3)n2)c2ccccc2)CC1. The Hall–Kier alpha value is -2.06. The molecule has 1 N–H and O–H groups in total. The number of thiazole rings is 1. The molecule has 4 rings (SSSR count). The van der Waals surface area contributed by atoms with Gasteiger partial charge in [-0.1, -0.05) is 36.4 Å². The van der Waals surface area contributed by atoms with Gasteiger partial charge < -0.3 is 10.2 Å². The van der Waals surface area contributed by atoms with E-state index in [9.17, 15) is 4.79 Å². The number of rotatable bonds is 6. The Kier molecular flexibility index (Phi) is 6.17. The topological polar surface area (TPSA) is 48.5 Å². The monoisotopic (exact) mass is 412 g/mol. The van der Waals surface area contributed by atoms with Crippen molar-refractivity contribution in [2.24, 2.45) is 0 Å². The summed E-state index contributed by atoms with van der Waals surface area (Å²) >= 11 is 3.16. The highest BCUT2D eigenvalue weighted by Gasteiger charge is 2.22. The smallest absolute Gasteiger partial charge is 0.271 e. The van der Waals surface area contributed by atoms with E-state index in [0.717, 1.165) is 48.2 Å². The number of carbonyl (C=O) groups is 1. The Balaban J connectivity index is 1.48. The number of amides is 1. The van der Waals surface area contributed by atoms with Crippen LogP contribution in [0, 0.1) is 0 Å². The van der Waals surface area contributed by atoms with Gasteiger partial charge >= 0.3 is 0 Å². The predicted octanol–water partition coefficient (Wildman–Crippen LogP) is 3.59. The van der Waals surface area contributed by atoms with E-state index in [1.54, 1.807) is 11.3 Å². The van der Waals surface area contributed by atoms with Crippen molar-refractivity contribution < 1.29 is 4.79 Å². The molecule has 146 valence electrons. The fourth-order valence-electron chi connectivity index (χ4n) is 3.33. The van der Waals surface area contributed by atoms with Crippen LogP contribution >= 0.6 is 22.7 Å². The molecule has 0 saturated carbocycles. The number of nitrogens with zero attached hydrogens (tertiary/aromatic N) is 3. The molecular formula is C21H24N4OS2. The minimum absolute atomic E-state index is 0.0519. The summed E-state index contributed by atoms with van der Waals surface area (Å²) in [4.78, 5) is 23.3. The van der Waals surface area contributed by atoms with Crippen molar-refractivity contribution in [3.8, 4) is 9.88 Å². The second-order valence-corrected chi connectivity index (χ2v) is 8.86. The molecule has 0 bridgehead atoms.